The van der Waals surface area contributed by atoms with E-state index in [1.54, 1.807) is 0 Å². The van der Waals surface area contributed by atoms with E-state index in [1.165, 1.54) is 7.11 Å². The lowest BCUT2D eigenvalue weighted by Crippen LogP contribution is -2.25. The van der Waals surface area contributed by atoms with Gasteiger partial charge in [-0.15, -0.1) is 0 Å². The van der Waals surface area contributed by atoms with E-state index < -0.39 is 0 Å². The Balaban J connectivity index is 2.45. The molecule has 0 amide bonds. The molecule has 1 heterocycles. The highest BCUT2D eigenvalue weighted by Gasteiger charge is 2.39. The molecule has 0 bridgehead atoms. The molecule has 1 saturated heterocycles. The quantitative estimate of drug-likeness (QED) is 0.516. The summed E-state index contributed by atoms with van der Waals surface area (Å²) < 4.78 is 9.75. The smallest absolute Gasteiger partial charge is 0.313 e. The van der Waals surface area contributed by atoms with Crippen LogP contribution in [0.2, 0.25) is 0 Å². The zero-order valence-corrected chi connectivity index (χ0v) is 9.32. The number of ether oxygens (including phenoxy) is 2. The van der Waals surface area contributed by atoms with E-state index in [0.29, 0.717) is 0 Å². The van der Waals surface area contributed by atoms with Gasteiger partial charge in [-0.1, -0.05) is 19.8 Å². The van der Waals surface area contributed by atoms with Crippen molar-refractivity contribution < 1.29 is 19.1 Å². The zero-order valence-electron chi connectivity index (χ0n) is 9.32. The maximum Gasteiger partial charge on any atom is 0.313 e. The first kappa shape index (κ1) is 12.0. The van der Waals surface area contributed by atoms with Gasteiger partial charge in [0.15, 0.2) is 0 Å². The van der Waals surface area contributed by atoms with Crippen molar-refractivity contribution in [1.29, 1.82) is 0 Å². The minimum Gasteiger partial charge on any atom is -0.469 e. The summed E-state index contributed by atoms with van der Waals surface area (Å²) in [6.07, 6.45) is 3.87. The molecule has 0 unspecified atom stereocenters. The standard InChI is InChI=1S/C11H18O4/c1-3-4-5-6-9-8(11(13)14-2)7-10(12)15-9/h8-9H,3-7H2,1-2H3/t8-,9+/m1/s1. The minimum absolute atomic E-state index is 0.170. The fourth-order valence-electron chi connectivity index (χ4n) is 1.85. The van der Waals surface area contributed by atoms with Crippen LogP contribution in [-0.4, -0.2) is 25.2 Å². The number of hydrogen-bond acceptors (Lipinski definition) is 4. The van der Waals surface area contributed by atoms with Gasteiger partial charge in [0.1, 0.15) is 12.0 Å². The highest BCUT2D eigenvalue weighted by molar-refractivity contribution is 5.83. The molecule has 4 heteroatoms. The van der Waals surface area contributed by atoms with Crippen LogP contribution in [0, 0.1) is 5.92 Å². The second kappa shape index (κ2) is 5.73. The van der Waals surface area contributed by atoms with Gasteiger partial charge in [0.2, 0.25) is 0 Å². The van der Waals surface area contributed by atoms with Crippen LogP contribution in [0.1, 0.15) is 39.0 Å². The average Bonchev–Trinajstić information content (AvgIpc) is 2.59. The highest BCUT2D eigenvalue weighted by Crippen LogP contribution is 2.27. The molecule has 2 atom stereocenters. The second-order valence-corrected chi connectivity index (χ2v) is 3.86. The third-order valence-corrected chi connectivity index (χ3v) is 2.71. The van der Waals surface area contributed by atoms with Crippen LogP contribution >= 0.6 is 0 Å². The lowest BCUT2D eigenvalue weighted by atomic mass is 9.97. The van der Waals surface area contributed by atoms with Crippen molar-refractivity contribution >= 4 is 11.9 Å². The third-order valence-electron chi connectivity index (χ3n) is 2.71. The molecule has 0 saturated carbocycles. The van der Waals surface area contributed by atoms with Gasteiger partial charge >= 0.3 is 11.9 Å². The third kappa shape index (κ3) is 3.22. The first-order valence-corrected chi connectivity index (χ1v) is 5.46. The Bertz CT molecular complexity index is 237. The number of esters is 2. The van der Waals surface area contributed by atoms with Gasteiger partial charge < -0.3 is 9.47 Å². The Kier molecular flexibility index (Phi) is 4.59. The lowest BCUT2D eigenvalue weighted by Gasteiger charge is -2.14. The predicted molar refractivity (Wildman–Crippen MR) is 54.1 cm³/mol. The fourth-order valence-corrected chi connectivity index (χ4v) is 1.85. The molecule has 1 aliphatic heterocycles. The maximum absolute atomic E-state index is 11.3. The SMILES string of the molecule is CCCCC[C@@H]1OC(=O)C[C@H]1C(=O)OC. The van der Waals surface area contributed by atoms with Gasteiger partial charge in [-0.3, -0.25) is 9.59 Å². The average molecular weight is 214 g/mol. The van der Waals surface area contributed by atoms with Crippen molar-refractivity contribution in [3.8, 4) is 0 Å². The number of carbonyl (C=O) groups excluding carboxylic acids is 2. The van der Waals surface area contributed by atoms with Crippen molar-refractivity contribution in [2.45, 2.75) is 45.1 Å². The van der Waals surface area contributed by atoms with Crippen LogP contribution in [0.15, 0.2) is 0 Å². The minimum atomic E-state index is -0.389. The summed E-state index contributed by atoms with van der Waals surface area (Å²) in [6.45, 7) is 2.11. The van der Waals surface area contributed by atoms with Gasteiger partial charge in [0, 0.05) is 0 Å². The van der Waals surface area contributed by atoms with Gasteiger partial charge in [0.05, 0.1) is 13.5 Å². The Labute approximate surface area is 89.9 Å². The molecule has 1 aliphatic rings. The van der Waals surface area contributed by atoms with Crippen molar-refractivity contribution in [3.63, 3.8) is 0 Å². The first-order chi connectivity index (χ1) is 7.19. The molecular weight excluding hydrogens is 196 g/mol. The largest absolute Gasteiger partial charge is 0.469 e. The van der Waals surface area contributed by atoms with Crippen molar-refractivity contribution in [2.75, 3.05) is 7.11 Å². The number of hydrogen-bond donors (Lipinski definition) is 0. The van der Waals surface area contributed by atoms with E-state index in [1.807, 2.05) is 0 Å². The van der Waals surface area contributed by atoms with Crippen LogP contribution in [0.4, 0.5) is 0 Å². The molecule has 0 radical (unpaired) electrons. The van der Waals surface area contributed by atoms with E-state index in [9.17, 15) is 9.59 Å². The molecule has 15 heavy (non-hydrogen) atoms. The second-order valence-electron chi connectivity index (χ2n) is 3.86. The summed E-state index contributed by atoms with van der Waals surface area (Å²) in [5.74, 6) is -1.01. The monoisotopic (exact) mass is 214 g/mol. The molecule has 1 rings (SSSR count). The molecule has 0 aromatic rings. The van der Waals surface area contributed by atoms with Gasteiger partial charge in [0.25, 0.3) is 0 Å². The van der Waals surface area contributed by atoms with Crippen molar-refractivity contribution in [1.82, 2.24) is 0 Å². The number of cyclic esters (lactones) is 1. The normalized spacial score (nSPS) is 25.1. The molecule has 0 aromatic carbocycles. The molecule has 4 nitrogen and oxygen atoms in total. The maximum atomic E-state index is 11.3. The Morgan fingerprint density at radius 3 is 2.87 bits per heavy atom. The first-order valence-electron chi connectivity index (χ1n) is 5.46. The summed E-state index contributed by atoms with van der Waals surface area (Å²) in [5.41, 5.74) is 0. The predicted octanol–water partition coefficient (Wildman–Crippen LogP) is 1.67. The summed E-state index contributed by atoms with van der Waals surface area (Å²) in [5, 5.41) is 0. The molecule has 0 N–H and O–H groups in total. The van der Waals surface area contributed by atoms with Crippen LogP contribution in [0.3, 0.4) is 0 Å². The topological polar surface area (TPSA) is 52.6 Å². The van der Waals surface area contributed by atoms with E-state index in [0.717, 1.165) is 25.7 Å². The number of methoxy groups -OCH3 is 1. The molecular formula is C11H18O4. The van der Waals surface area contributed by atoms with E-state index in [-0.39, 0.29) is 30.4 Å². The van der Waals surface area contributed by atoms with Crippen LogP contribution in [-0.2, 0) is 19.1 Å². The molecule has 86 valence electrons. The zero-order chi connectivity index (χ0) is 11.3. The summed E-state index contributed by atoms with van der Waals surface area (Å²) in [7, 11) is 1.34. The fraction of sp³-hybridized carbons (Fsp3) is 0.818. The Morgan fingerprint density at radius 2 is 2.27 bits per heavy atom. The summed E-state index contributed by atoms with van der Waals surface area (Å²) >= 11 is 0. The van der Waals surface area contributed by atoms with Crippen LogP contribution in [0.25, 0.3) is 0 Å². The summed E-state index contributed by atoms with van der Waals surface area (Å²) in [6, 6.07) is 0. The number of rotatable bonds is 5. The number of carbonyl (C=O) groups is 2. The van der Waals surface area contributed by atoms with Crippen LogP contribution < -0.4 is 0 Å². The van der Waals surface area contributed by atoms with Gasteiger partial charge in [-0.2, -0.15) is 0 Å². The van der Waals surface area contributed by atoms with Gasteiger partial charge in [-0.25, -0.2) is 0 Å². The van der Waals surface area contributed by atoms with E-state index >= 15 is 0 Å². The molecule has 1 fully saturated rings. The molecule has 0 aliphatic carbocycles. The molecule has 0 aromatic heterocycles. The van der Waals surface area contributed by atoms with Gasteiger partial charge in [-0.05, 0) is 12.8 Å². The highest BCUT2D eigenvalue weighted by atomic mass is 16.6. The number of unbranched alkanes of at least 4 members (excludes halogenated alkanes) is 2. The van der Waals surface area contributed by atoms with Crippen molar-refractivity contribution in [2.24, 2.45) is 5.92 Å². The Morgan fingerprint density at radius 1 is 1.53 bits per heavy atom. The summed E-state index contributed by atoms with van der Waals surface area (Å²) in [4.78, 5) is 22.4. The lowest BCUT2D eigenvalue weighted by molar-refractivity contribution is -0.147. The van der Waals surface area contributed by atoms with E-state index in [4.69, 9.17) is 4.74 Å². The Hall–Kier alpha value is -1.06. The molecule has 0 spiro atoms. The van der Waals surface area contributed by atoms with Crippen LogP contribution in [0.5, 0.6) is 0 Å². The van der Waals surface area contributed by atoms with Crippen molar-refractivity contribution in [3.05, 3.63) is 0 Å². The van der Waals surface area contributed by atoms with E-state index in [2.05, 4.69) is 11.7 Å².